The summed E-state index contributed by atoms with van der Waals surface area (Å²) in [5.41, 5.74) is 1.99. The molecule has 7 nitrogen and oxygen atoms in total. The molecule has 0 bridgehead atoms. The molecular weight excluding hydrogens is 316 g/mol. The maximum absolute atomic E-state index is 12.6. The molecule has 0 N–H and O–H groups in total. The number of amides is 1. The molecule has 1 aliphatic heterocycles. The summed E-state index contributed by atoms with van der Waals surface area (Å²) in [6.07, 6.45) is 4.91. The van der Waals surface area contributed by atoms with Gasteiger partial charge in [0, 0.05) is 31.9 Å². The molecular formula is C18H20N6O. The first-order chi connectivity index (χ1) is 12.2. The molecule has 0 atom stereocenters. The minimum atomic E-state index is 0.124. The van der Waals surface area contributed by atoms with Crippen LogP contribution in [0.2, 0.25) is 0 Å². The summed E-state index contributed by atoms with van der Waals surface area (Å²) in [6.45, 7) is 4.09. The van der Waals surface area contributed by atoms with E-state index >= 15 is 0 Å². The van der Waals surface area contributed by atoms with E-state index < -0.39 is 0 Å². The number of hydrogen-bond acceptors (Lipinski definition) is 4. The van der Waals surface area contributed by atoms with Gasteiger partial charge in [-0.25, -0.2) is 4.68 Å². The first-order valence-electron chi connectivity index (χ1n) is 8.52. The molecule has 2 aromatic heterocycles. The highest BCUT2D eigenvalue weighted by atomic mass is 16.2. The third-order valence-corrected chi connectivity index (χ3v) is 4.56. The Balaban J connectivity index is 1.42. The summed E-state index contributed by atoms with van der Waals surface area (Å²) in [5, 5.41) is 12.6. The average Bonchev–Trinajstić information content (AvgIpc) is 3.31. The lowest BCUT2D eigenvalue weighted by Gasteiger charge is -2.28. The van der Waals surface area contributed by atoms with E-state index in [1.54, 1.807) is 10.9 Å². The van der Waals surface area contributed by atoms with E-state index in [4.69, 9.17) is 0 Å². The zero-order valence-corrected chi connectivity index (χ0v) is 14.2. The number of aromatic nitrogens is 5. The Morgan fingerprint density at radius 3 is 2.72 bits per heavy atom. The lowest BCUT2D eigenvalue weighted by atomic mass is 10.1. The number of carbonyl (C=O) groups is 1. The second-order valence-corrected chi connectivity index (χ2v) is 6.15. The standard InChI is InChI=1S/C18H20N6O/c1-2-16-20-21-17-13-22(10-11-23(16)17)18(25)12-14-4-6-15(7-5-14)24-9-3-8-19-24/h3-9H,2,10-13H2,1H3. The molecule has 0 radical (unpaired) electrons. The molecule has 0 aliphatic carbocycles. The van der Waals surface area contributed by atoms with Crippen LogP contribution in [-0.2, 0) is 30.7 Å². The van der Waals surface area contributed by atoms with Gasteiger partial charge in [-0.1, -0.05) is 19.1 Å². The first-order valence-corrected chi connectivity index (χ1v) is 8.52. The van der Waals surface area contributed by atoms with Gasteiger partial charge in [0.1, 0.15) is 5.82 Å². The van der Waals surface area contributed by atoms with Crippen LogP contribution in [0.5, 0.6) is 0 Å². The lowest BCUT2D eigenvalue weighted by molar-refractivity contribution is -0.132. The summed E-state index contributed by atoms with van der Waals surface area (Å²) in [6, 6.07) is 9.82. The van der Waals surface area contributed by atoms with Gasteiger partial charge < -0.3 is 9.47 Å². The van der Waals surface area contributed by atoms with E-state index in [9.17, 15) is 4.79 Å². The molecule has 3 heterocycles. The normalized spacial score (nSPS) is 13.7. The second kappa shape index (κ2) is 6.51. The summed E-state index contributed by atoms with van der Waals surface area (Å²) in [7, 11) is 0. The maximum Gasteiger partial charge on any atom is 0.227 e. The molecule has 128 valence electrons. The van der Waals surface area contributed by atoms with Crippen molar-refractivity contribution in [3.63, 3.8) is 0 Å². The SMILES string of the molecule is CCc1nnc2n1CCN(C(=O)Cc1ccc(-n3cccn3)cc1)C2. The van der Waals surface area contributed by atoms with Crippen LogP contribution in [0.25, 0.3) is 5.69 Å². The number of rotatable bonds is 4. The molecule has 0 unspecified atom stereocenters. The smallest absolute Gasteiger partial charge is 0.227 e. The van der Waals surface area contributed by atoms with Crippen molar-refractivity contribution in [3.05, 3.63) is 59.9 Å². The summed E-state index contributed by atoms with van der Waals surface area (Å²) < 4.78 is 3.93. The van der Waals surface area contributed by atoms with E-state index in [0.717, 1.165) is 35.9 Å². The predicted molar refractivity (Wildman–Crippen MR) is 92.1 cm³/mol. The van der Waals surface area contributed by atoms with E-state index in [0.29, 0.717) is 19.5 Å². The molecule has 1 aromatic carbocycles. The molecule has 3 aromatic rings. The van der Waals surface area contributed by atoms with Crippen molar-refractivity contribution in [3.8, 4) is 5.69 Å². The molecule has 0 saturated heterocycles. The number of nitrogens with zero attached hydrogens (tertiary/aromatic N) is 6. The minimum Gasteiger partial charge on any atom is -0.333 e. The minimum absolute atomic E-state index is 0.124. The third kappa shape index (κ3) is 3.05. The van der Waals surface area contributed by atoms with Crippen molar-refractivity contribution in [2.75, 3.05) is 6.54 Å². The molecule has 25 heavy (non-hydrogen) atoms. The topological polar surface area (TPSA) is 68.8 Å². The van der Waals surface area contributed by atoms with Crippen LogP contribution in [0.1, 0.15) is 24.1 Å². The molecule has 1 amide bonds. The monoisotopic (exact) mass is 336 g/mol. The van der Waals surface area contributed by atoms with Gasteiger partial charge in [0.2, 0.25) is 5.91 Å². The molecule has 1 aliphatic rings. The van der Waals surface area contributed by atoms with Crippen molar-refractivity contribution >= 4 is 5.91 Å². The fraction of sp³-hybridized carbons (Fsp3) is 0.333. The number of hydrogen-bond donors (Lipinski definition) is 0. The van der Waals surface area contributed by atoms with Crippen LogP contribution in [0, 0.1) is 0 Å². The van der Waals surface area contributed by atoms with Gasteiger partial charge in [-0.15, -0.1) is 10.2 Å². The first kappa shape index (κ1) is 15.6. The largest absolute Gasteiger partial charge is 0.333 e. The highest BCUT2D eigenvalue weighted by Gasteiger charge is 2.23. The van der Waals surface area contributed by atoms with Crippen LogP contribution in [0.3, 0.4) is 0 Å². The van der Waals surface area contributed by atoms with Gasteiger partial charge in [0.15, 0.2) is 5.82 Å². The van der Waals surface area contributed by atoms with Crippen molar-refractivity contribution in [1.29, 1.82) is 0 Å². The van der Waals surface area contributed by atoms with Crippen molar-refractivity contribution in [2.24, 2.45) is 0 Å². The van der Waals surface area contributed by atoms with Crippen LogP contribution in [0.15, 0.2) is 42.7 Å². The molecule has 7 heteroatoms. The second-order valence-electron chi connectivity index (χ2n) is 6.15. The lowest BCUT2D eigenvalue weighted by Crippen LogP contribution is -2.39. The van der Waals surface area contributed by atoms with Gasteiger partial charge in [0.05, 0.1) is 18.7 Å². The Morgan fingerprint density at radius 2 is 2.00 bits per heavy atom. The Bertz CT molecular complexity index is 866. The van der Waals surface area contributed by atoms with E-state index in [1.807, 2.05) is 41.4 Å². The van der Waals surface area contributed by atoms with Crippen molar-refractivity contribution in [1.82, 2.24) is 29.4 Å². The van der Waals surface area contributed by atoms with Gasteiger partial charge >= 0.3 is 0 Å². The van der Waals surface area contributed by atoms with E-state index in [2.05, 4.69) is 26.8 Å². The van der Waals surface area contributed by atoms with E-state index in [-0.39, 0.29) is 5.91 Å². The number of fused-ring (bicyclic) bond motifs is 1. The van der Waals surface area contributed by atoms with Gasteiger partial charge in [0.25, 0.3) is 0 Å². The molecule has 0 fully saturated rings. The van der Waals surface area contributed by atoms with Crippen molar-refractivity contribution in [2.45, 2.75) is 32.9 Å². The highest BCUT2D eigenvalue weighted by molar-refractivity contribution is 5.78. The number of aryl methyl sites for hydroxylation is 1. The van der Waals surface area contributed by atoms with Crippen LogP contribution < -0.4 is 0 Å². The van der Waals surface area contributed by atoms with Gasteiger partial charge in [-0.3, -0.25) is 4.79 Å². The predicted octanol–water partition coefficient (Wildman–Crippen LogP) is 1.61. The fourth-order valence-electron chi connectivity index (χ4n) is 3.17. The number of carbonyl (C=O) groups excluding carboxylic acids is 1. The zero-order chi connectivity index (χ0) is 17.2. The number of benzene rings is 1. The molecule has 0 saturated carbocycles. The average molecular weight is 336 g/mol. The highest BCUT2D eigenvalue weighted by Crippen LogP contribution is 2.15. The quantitative estimate of drug-likeness (QED) is 0.726. The fourth-order valence-corrected chi connectivity index (χ4v) is 3.17. The van der Waals surface area contributed by atoms with Crippen molar-refractivity contribution < 1.29 is 4.79 Å². The summed E-state index contributed by atoms with van der Waals surface area (Å²) in [5.74, 6) is 2.00. The van der Waals surface area contributed by atoms with Crippen LogP contribution in [0.4, 0.5) is 0 Å². The summed E-state index contributed by atoms with van der Waals surface area (Å²) in [4.78, 5) is 14.5. The Labute approximate surface area is 145 Å². The van der Waals surface area contributed by atoms with Crippen LogP contribution >= 0.6 is 0 Å². The Hall–Kier alpha value is -2.96. The zero-order valence-electron chi connectivity index (χ0n) is 14.2. The summed E-state index contributed by atoms with van der Waals surface area (Å²) >= 11 is 0. The van der Waals surface area contributed by atoms with Gasteiger partial charge in [-0.2, -0.15) is 5.10 Å². The van der Waals surface area contributed by atoms with E-state index in [1.165, 1.54) is 0 Å². The molecule has 4 rings (SSSR count). The van der Waals surface area contributed by atoms with Gasteiger partial charge in [-0.05, 0) is 23.8 Å². The van der Waals surface area contributed by atoms with Crippen LogP contribution in [-0.4, -0.2) is 41.9 Å². The Kier molecular flexibility index (Phi) is 4.05. The maximum atomic E-state index is 12.6. The third-order valence-electron chi connectivity index (χ3n) is 4.56. The Morgan fingerprint density at radius 1 is 1.16 bits per heavy atom. The molecule has 0 spiro atoms.